The molecule has 1 fully saturated rings. The Balaban J connectivity index is 1.36. The van der Waals surface area contributed by atoms with Crippen molar-refractivity contribution in [3.8, 4) is 0 Å². The topological polar surface area (TPSA) is 71.5 Å². The highest BCUT2D eigenvalue weighted by atomic mass is 32.1. The van der Waals surface area contributed by atoms with Crippen molar-refractivity contribution in [3.05, 3.63) is 52.5 Å². The van der Waals surface area contributed by atoms with E-state index in [9.17, 15) is 9.59 Å². The van der Waals surface area contributed by atoms with E-state index >= 15 is 0 Å². The predicted octanol–water partition coefficient (Wildman–Crippen LogP) is 2.92. The van der Waals surface area contributed by atoms with Gasteiger partial charge >= 0.3 is 6.09 Å². The molecule has 0 spiro atoms. The number of piperidine rings is 1. The maximum Gasteiger partial charge on any atom is 0.410 e. The maximum absolute atomic E-state index is 12.1. The monoisotopic (exact) mass is 359 g/mol. The minimum atomic E-state index is -0.270. The summed E-state index contributed by atoms with van der Waals surface area (Å²) in [5, 5.41) is 4.65. The van der Waals surface area contributed by atoms with E-state index in [2.05, 4.69) is 10.3 Å². The molecule has 3 rings (SSSR count). The zero-order valence-electron chi connectivity index (χ0n) is 13.9. The smallest absolute Gasteiger partial charge is 0.410 e. The first kappa shape index (κ1) is 17.4. The minimum Gasteiger partial charge on any atom is -0.445 e. The van der Waals surface area contributed by atoms with Crippen molar-refractivity contribution in [1.29, 1.82) is 0 Å². The molecule has 6 nitrogen and oxygen atoms in total. The summed E-state index contributed by atoms with van der Waals surface area (Å²) in [6.45, 7) is 2.22. The second-order valence-electron chi connectivity index (χ2n) is 6.05. The maximum atomic E-state index is 12.1. The number of carbonyl (C=O) groups excluding carboxylic acids is 2. The Morgan fingerprint density at radius 3 is 2.68 bits per heavy atom. The lowest BCUT2D eigenvalue weighted by Gasteiger charge is -2.31. The first-order chi connectivity index (χ1) is 12.2. The number of ether oxygens (including phenoxy) is 1. The van der Waals surface area contributed by atoms with E-state index in [1.807, 2.05) is 30.3 Å². The number of hydrogen-bond donors (Lipinski definition) is 1. The second-order valence-corrected chi connectivity index (χ2v) is 6.77. The third-order valence-electron chi connectivity index (χ3n) is 4.29. The summed E-state index contributed by atoms with van der Waals surface area (Å²) < 4.78 is 5.36. The van der Waals surface area contributed by atoms with Crippen LogP contribution in [0.25, 0.3) is 0 Å². The van der Waals surface area contributed by atoms with Gasteiger partial charge in [-0.05, 0) is 24.3 Å². The van der Waals surface area contributed by atoms with E-state index in [1.54, 1.807) is 15.8 Å². The summed E-state index contributed by atoms with van der Waals surface area (Å²) in [6, 6.07) is 9.65. The molecule has 0 bridgehead atoms. The summed E-state index contributed by atoms with van der Waals surface area (Å²) >= 11 is 1.41. The van der Waals surface area contributed by atoms with Crippen LogP contribution in [0.5, 0.6) is 0 Å². The lowest BCUT2D eigenvalue weighted by Crippen LogP contribution is -2.41. The molecule has 1 aliphatic heterocycles. The summed E-state index contributed by atoms with van der Waals surface area (Å²) in [5.74, 6) is 0.242. The van der Waals surface area contributed by atoms with Crippen LogP contribution in [0.1, 0.15) is 28.9 Å². The minimum absolute atomic E-state index is 0.133. The summed E-state index contributed by atoms with van der Waals surface area (Å²) in [7, 11) is 0. The molecule has 0 saturated carbocycles. The first-order valence-electron chi connectivity index (χ1n) is 8.34. The number of amides is 2. The Hall–Kier alpha value is -2.41. The van der Waals surface area contributed by atoms with Crippen LogP contribution in [0.15, 0.2) is 41.2 Å². The molecule has 1 N–H and O–H groups in total. The van der Waals surface area contributed by atoms with Crippen LogP contribution in [0.4, 0.5) is 4.79 Å². The van der Waals surface area contributed by atoms with Gasteiger partial charge in [0.05, 0.1) is 5.51 Å². The summed E-state index contributed by atoms with van der Waals surface area (Å²) in [6.07, 6.45) is 1.45. The molecular formula is C18H21N3O3S. The fraction of sp³-hybridized carbons (Fsp3) is 0.389. The molecule has 132 valence electrons. The number of hydrogen-bond acceptors (Lipinski definition) is 5. The van der Waals surface area contributed by atoms with Crippen molar-refractivity contribution >= 4 is 23.3 Å². The molecule has 2 heterocycles. The van der Waals surface area contributed by atoms with Crippen LogP contribution in [-0.2, 0) is 11.3 Å². The number of aromatic nitrogens is 1. The van der Waals surface area contributed by atoms with Gasteiger partial charge in [0.25, 0.3) is 5.91 Å². The second kappa shape index (κ2) is 8.62. The molecule has 0 radical (unpaired) electrons. The number of carbonyl (C=O) groups is 2. The van der Waals surface area contributed by atoms with E-state index in [1.165, 1.54) is 11.3 Å². The highest BCUT2D eigenvalue weighted by Crippen LogP contribution is 2.17. The van der Waals surface area contributed by atoms with Gasteiger partial charge in [-0.25, -0.2) is 9.78 Å². The van der Waals surface area contributed by atoms with Crippen LogP contribution >= 0.6 is 11.3 Å². The summed E-state index contributed by atoms with van der Waals surface area (Å²) in [4.78, 5) is 29.8. The lowest BCUT2D eigenvalue weighted by molar-refractivity contribution is 0.0800. The van der Waals surface area contributed by atoms with Crippen molar-refractivity contribution in [2.24, 2.45) is 5.92 Å². The number of thiazole rings is 1. The van der Waals surface area contributed by atoms with Gasteiger partial charge in [0, 0.05) is 25.0 Å². The number of nitrogens with zero attached hydrogens (tertiary/aromatic N) is 2. The lowest BCUT2D eigenvalue weighted by atomic mass is 9.97. The van der Waals surface area contributed by atoms with E-state index in [0.29, 0.717) is 37.9 Å². The number of benzene rings is 1. The van der Waals surface area contributed by atoms with E-state index in [4.69, 9.17) is 4.74 Å². The molecular weight excluding hydrogens is 338 g/mol. The molecule has 2 aromatic rings. The van der Waals surface area contributed by atoms with Crippen molar-refractivity contribution in [2.45, 2.75) is 19.4 Å². The molecule has 1 aliphatic rings. The highest BCUT2D eigenvalue weighted by molar-refractivity contribution is 7.07. The molecule has 0 unspecified atom stereocenters. The standard InChI is InChI=1S/C18H21N3O3S/c22-17(16-12-25-13-20-16)19-10-14-6-8-21(9-7-14)18(23)24-11-15-4-2-1-3-5-15/h1-5,12-14H,6-11H2,(H,19,22). The molecule has 25 heavy (non-hydrogen) atoms. The van der Waals surface area contributed by atoms with Gasteiger partial charge in [-0.1, -0.05) is 30.3 Å². The fourth-order valence-electron chi connectivity index (χ4n) is 2.78. The van der Waals surface area contributed by atoms with Gasteiger partial charge < -0.3 is 15.0 Å². The number of nitrogens with one attached hydrogen (secondary N) is 1. The molecule has 7 heteroatoms. The third-order valence-corrected chi connectivity index (χ3v) is 4.88. The molecule has 2 amide bonds. The van der Waals surface area contributed by atoms with Gasteiger partial charge in [0.2, 0.25) is 0 Å². The van der Waals surface area contributed by atoms with Gasteiger partial charge in [0.1, 0.15) is 12.3 Å². The predicted molar refractivity (Wildman–Crippen MR) is 95.4 cm³/mol. The third kappa shape index (κ3) is 5.03. The average Bonchev–Trinajstić information content (AvgIpc) is 3.20. The quantitative estimate of drug-likeness (QED) is 0.891. The highest BCUT2D eigenvalue weighted by Gasteiger charge is 2.24. The molecule has 1 aromatic carbocycles. The van der Waals surface area contributed by atoms with Crippen LogP contribution in [0, 0.1) is 5.92 Å². The molecule has 0 aliphatic carbocycles. The average molecular weight is 359 g/mol. The molecule has 0 atom stereocenters. The molecule has 1 aromatic heterocycles. The van der Waals surface area contributed by atoms with Gasteiger partial charge in [0.15, 0.2) is 0 Å². The van der Waals surface area contributed by atoms with E-state index in [0.717, 1.165) is 18.4 Å². The Morgan fingerprint density at radius 2 is 2.00 bits per heavy atom. The Labute approximate surface area is 150 Å². The van der Waals surface area contributed by atoms with Crippen molar-refractivity contribution in [3.63, 3.8) is 0 Å². The first-order valence-corrected chi connectivity index (χ1v) is 9.28. The van der Waals surface area contributed by atoms with Crippen LogP contribution in [0.2, 0.25) is 0 Å². The van der Waals surface area contributed by atoms with Gasteiger partial charge in [-0.2, -0.15) is 0 Å². The SMILES string of the molecule is O=C(NCC1CCN(C(=O)OCc2ccccc2)CC1)c1cscn1. The normalized spacial score (nSPS) is 15.0. The van der Waals surface area contributed by atoms with E-state index < -0.39 is 0 Å². The van der Waals surface area contributed by atoms with Crippen LogP contribution in [0.3, 0.4) is 0 Å². The van der Waals surface area contributed by atoms with Crippen molar-refractivity contribution in [1.82, 2.24) is 15.2 Å². The van der Waals surface area contributed by atoms with E-state index in [-0.39, 0.29) is 12.0 Å². The van der Waals surface area contributed by atoms with Gasteiger partial charge in [-0.15, -0.1) is 11.3 Å². The van der Waals surface area contributed by atoms with Crippen molar-refractivity contribution in [2.75, 3.05) is 19.6 Å². The van der Waals surface area contributed by atoms with Crippen LogP contribution < -0.4 is 5.32 Å². The molecule has 1 saturated heterocycles. The Morgan fingerprint density at radius 1 is 1.24 bits per heavy atom. The summed E-state index contributed by atoms with van der Waals surface area (Å²) in [5.41, 5.74) is 3.09. The Kier molecular flexibility index (Phi) is 6.00. The Bertz CT molecular complexity index is 683. The van der Waals surface area contributed by atoms with Crippen molar-refractivity contribution < 1.29 is 14.3 Å². The zero-order chi connectivity index (χ0) is 17.5. The zero-order valence-corrected chi connectivity index (χ0v) is 14.7. The van der Waals surface area contributed by atoms with Gasteiger partial charge in [-0.3, -0.25) is 4.79 Å². The largest absolute Gasteiger partial charge is 0.445 e. The number of rotatable bonds is 5. The fourth-order valence-corrected chi connectivity index (χ4v) is 3.31. The van der Waals surface area contributed by atoms with Crippen LogP contribution in [-0.4, -0.2) is 41.5 Å². The number of likely N-dealkylation sites (tertiary alicyclic amines) is 1.